The molecule has 0 saturated heterocycles. The number of hydrogen-bond acceptors (Lipinski definition) is 2. The third kappa shape index (κ3) is 3.39. The summed E-state index contributed by atoms with van der Waals surface area (Å²) in [5.41, 5.74) is 1.79. The summed E-state index contributed by atoms with van der Waals surface area (Å²) >= 11 is 6.08. The minimum atomic E-state index is -3.60. The maximum atomic E-state index is 12.6. The lowest BCUT2D eigenvalue weighted by Crippen LogP contribution is -2.23. The molecular weight excluding hydrogens is 330 g/mol. The largest absolute Gasteiger partial charge is 0.241 e. The van der Waals surface area contributed by atoms with Gasteiger partial charge in [-0.05, 0) is 35.6 Å². The fourth-order valence-electron chi connectivity index (χ4n) is 2.43. The Morgan fingerprint density at radius 1 is 1.00 bits per heavy atom. The summed E-state index contributed by atoms with van der Waals surface area (Å²) < 4.78 is 27.9. The van der Waals surface area contributed by atoms with Crippen molar-refractivity contribution in [3.8, 4) is 0 Å². The van der Waals surface area contributed by atoms with Gasteiger partial charge in [-0.1, -0.05) is 60.1 Å². The lowest BCUT2D eigenvalue weighted by Gasteiger charge is -2.10. The first kappa shape index (κ1) is 16.0. The van der Waals surface area contributed by atoms with Gasteiger partial charge in [0.05, 0.1) is 4.90 Å². The molecule has 5 heteroatoms. The molecule has 0 atom stereocenters. The highest BCUT2D eigenvalue weighted by atomic mass is 35.5. The summed E-state index contributed by atoms with van der Waals surface area (Å²) in [6.07, 6.45) is 0. The molecule has 3 aromatic rings. The van der Waals surface area contributed by atoms with E-state index in [1.54, 1.807) is 18.2 Å². The molecule has 0 amide bonds. The van der Waals surface area contributed by atoms with E-state index < -0.39 is 10.0 Å². The minimum Gasteiger partial charge on any atom is -0.207 e. The van der Waals surface area contributed by atoms with Gasteiger partial charge in [0, 0.05) is 17.0 Å². The second-order valence-corrected chi connectivity index (χ2v) is 7.53. The van der Waals surface area contributed by atoms with Gasteiger partial charge in [0.1, 0.15) is 0 Å². The van der Waals surface area contributed by atoms with Gasteiger partial charge in [0.25, 0.3) is 0 Å². The Labute approximate surface area is 141 Å². The molecule has 0 unspecified atom stereocenters. The van der Waals surface area contributed by atoms with E-state index in [9.17, 15) is 8.42 Å². The van der Waals surface area contributed by atoms with Crippen LogP contribution < -0.4 is 4.72 Å². The first-order valence-corrected chi connectivity index (χ1v) is 9.06. The Morgan fingerprint density at radius 2 is 1.74 bits per heavy atom. The van der Waals surface area contributed by atoms with Gasteiger partial charge in [-0.15, -0.1) is 0 Å². The van der Waals surface area contributed by atoms with Crippen LogP contribution in [0.25, 0.3) is 10.8 Å². The molecule has 0 saturated carbocycles. The van der Waals surface area contributed by atoms with Crippen LogP contribution in [0.4, 0.5) is 0 Å². The number of aryl methyl sites for hydroxylation is 1. The highest BCUT2D eigenvalue weighted by Gasteiger charge is 2.16. The topological polar surface area (TPSA) is 46.2 Å². The number of nitrogens with one attached hydrogen (secondary N) is 1. The second kappa shape index (κ2) is 6.32. The van der Waals surface area contributed by atoms with Crippen molar-refractivity contribution < 1.29 is 8.42 Å². The van der Waals surface area contributed by atoms with E-state index in [2.05, 4.69) is 4.72 Å². The summed E-state index contributed by atoms with van der Waals surface area (Å²) in [6.45, 7) is 2.11. The molecule has 0 bridgehead atoms. The predicted octanol–water partition coefficient (Wildman–Crippen LogP) is 4.28. The molecule has 0 aromatic heterocycles. The fourth-order valence-corrected chi connectivity index (χ4v) is 3.88. The van der Waals surface area contributed by atoms with E-state index in [0.29, 0.717) is 10.4 Å². The molecule has 0 radical (unpaired) electrons. The fraction of sp³-hybridized carbons (Fsp3) is 0.111. The second-order valence-electron chi connectivity index (χ2n) is 5.39. The van der Waals surface area contributed by atoms with E-state index in [1.165, 1.54) is 0 Å². The molecular formula is C18H16ClNO2S. The van der Waals surface area contributed by atoms with Crippen molar-refractivity contribution in [3.05, 3.63) is 76.8 Å². The third-order valence-corrected chi connectivity index (χ3v) is 5.61. The van der Waals surface area contributed by atoms with Gasteiger partial charge in [-0.3, -0.25) is 0 Å². The number of rotatable bonds is 4. The van der Waals surface area contributed by atoms with Crippen LogP contribution in [0.1, 0.15) is 11.1 Å². The van der Waals surface area contributed by atoms with E-state index in [4.69, 9.17) is 11.6 Å². The Bertz CT molecular complexity index is 962. The molecule has 0 spiro atoms. The number of hydrogen-bond donors (Lipinski definition) is 1. The van der Waals surface area contributed by atoms with Crippen molar-refractivity contribution in [1.82, 2.24) is 4.72 Å². The molecule has 0 aliphatic carbocycles. The Balaban J connectivity index is 1.90. The van der Waals surface area contributed by atoms with Gasteiger partial charge in [-0.25, -0.2) is 13.1 Å². The van der Waals surface area contributed by atoms with Crippen LogP contribution in [0.5, 0.6) is 0 Å². The number of benzene rings is 3. The molecule has 118 valence electrons. The van der Waals surface area contributed by atoms with Crippen molar-refractivity contribution in [2.45, 2.75) is 18.4 Å². The minimum absolute atomic E-state index is 0.200. The van der Waals surface area contributed by atoms with Gasteiger partial charge < -0.3 is 0 Å². The first-order valence-electron chi connectivity index (χ1n) is 7.20. The zero-order valence-corrected chi connectivity index (χ0v) is 14.2. The Hall–Kier alpha value is -1.88. The van der Waals surface area contributed by atoms with Gasteiger partial charge in [-0.2, -0.15) is 0 Å². The maximum absolute atomic E-state index is 12.6. The molecule has 0 aliphatic rings. The summed E-state index contributed by atoms with van der Waals surface area (Å²) in [5.74, 6) is 0. The normalized spacial score (nSPS) is 11.7. The first-order chi connectivity index (χ1) is 11.0. The van der Waals surface area contributed by atoms with Crippen LogP contribution in [0.3, 0.4) is 0 Å². The SMILES string of the molecule is Cc1ccc(CNS(=O)(=O)c2cccc3ccccc23)cc1Cl. The highest BCUT2D eigenvalue weighted by molar-refractivity contribution is 7.89. The lowest BCUT2D eigenvalue weighted by molar-refractivity contribution is 0.582. The molecule has 0 aliphatic heterocycles. The maximum Gasteiger partial charge on any atom is 0.241 e. The summed E-state index contributed by atoms with van der Waals surface area (Å²) in [4.78, 5) is 0.286. The van der Waals surface area contributed by atoms with Crippen LogP contribution in [0, 0.1) is 6.92 Å². The van der Waals surface area contributed by atoms with E-state index in [0.717, 1.165) is 16.5 Å². The predicted molar refractivity (Wildman–Crippen MR) is 94.2 cm³/mol. The zero-order valence-electron chi connectivity index (χ0n) is 12.6. The van der Waals surface area contributed by atoms with Crippen molar-refractivity contribution >= 4 is 32.4 Å². The Morgan fingerprint density at radius 3 is 2.52 bits per heavy atom. The molecule has 3 nitrogen and oxygen atoms in total. The van der Waals surface area contributed by atoms with Crippen LogP contribution in [0.15, 0.2) is 65.6 Å². The summed E-state index contributed by atoms with van der Waals surface area (Å²) in [5, 5.41) is 2.24. The third-order valence-electron chi connectivity index (χ3n) is 3.74. The van der Waals surface area contributed by atoms with Crippen molar-refractivity contribution in [2.24, 2.45) is 0 Å². The molecule has 0 fully saturated rings. The standard InChI is InChI=1S/C18H16ClNO2S/c1-13-9-10-14(11-17(13)19)12-20-23(21,22)18-8-4-6-15-5-2-3-7-16(15)18/h2-11,20H,12H2,1H3. The lowest BCUT2D eigenvalue weighted by atomic mass is 10.1. The molecule has 0 heterocycles. The van der Waals surface area contributed by atoms with Crippen molar-refractivity contribution in [2.75, 3.05) is 0 Å². The Kier molecular flexibility index (Phi) is 4.39. The van der Waals surface area contributed by atoms with Gasteiger partial charge in [0.15, 0.2) is 0 Å². The summed E-state index contributed by atoms with van der Waals surface area (Å²) in [6, 6.07) is 18.2. The molecule has 23 heavy (non-hydrogen) atoms. The van der Waals surface area contributed by atoms with Gasteiger partial charge in [0.2, 0.25) is 10.0 Å². The zero-order chi connectivity index (χ0) is 16.4. The van der Waals surface area contributed by atoms with Crippen LogP contribution >= 0.6 is 11.6 Å². The van der Waals surface area contributed by atoms with Crippen molar-refractivity contribution in [3.63, 3.8) is 0 Å². The quantitative estimate of drug-likeness (QED) is 0.767. The van der Waals surface area contributed by atoms with E-state index >= 15 is 0 Å². The smallest absolute Gasteiger partial charge is 0.207 e. The number of sulfonamides is 1. The van der Waals surface area contributed by atoms with Crippen LogP contribution in [0.2, 0.25) is 5.02 Å². The number of fused-ring (bicyclic) bond motifs is 1. The van der Waals surface area contributed by atoms with Crippen LogP contribution in [-0.4, -0.2) is 8.42 Å². The van der Waals surface area contributed by atoms with E-state index in [-0.39, 0.29) is 11.4 Å². The molecule has 1 N–H and O–H groups in total. The monoisotopic (exact) mass is 345 g/mol. The highest BCUT2D eigenvalue weighted by Crippen LogP contribution is 2.23. The van der Waals surface area contributed by atoms with Gasteiger partial charge >= 0.3 is 0 Å². The molecule has 3 aromatic carbocycles. The summed E-state index contributed by atoms with van der Waals surface area (Å²) in [7, 11) is -3.60. The molecule has 3 rings (SSSR count). The average molecular weight is 346 g/mol. The van der Waals surface area contributed by atoms with Crippen LogP contribution in [-0.2, 0) is 16.6 Å². The van der Waals surface area contributed by atoms with E-state index in [1.807, 2.05) is 49.4 Å². The number of halogens is 1. The van der Waals surface area contributed by atoms with Crippen molar-refractivity contribution in [1.29, 1.82) is 0 Å². The average Bonchev–Trinajstić information content (AvgIpc) is 2.55.